The second-order valence-electron chi connectivity index (χ2n) is 10.2. The standard InChI is InChI=1S/C30H23ClF2N4O3/c31-25-19(32)12-21-18(13-30(40-21,22-7-4-8-36-22)15-5-2-1-3-6-15)23(25)24-16(29(34)38)11-17-27-20(35-9-10-37-27)14-39-28(17)26(24)33/h1-3,5-6,9-12,22,36H,4,7-8,13-14H2,(H2,34,38)/t22-,30-/m0/s1. The number of ether oxygens (including phenoxy) is 2. The van der Waals surface area contributed by atoms with Crippen molar-refractivity contribution in [3.63, 3.8) is 0 Å². The normalized spacial score (nSPS) is 20.7. The third-order valence-corrected chi connectivity index (χ3v) is 8.39. The zero-order chi connectivity index (χ0) is 27.6. The molecule has 7 rings (SSSR count). The summed E-state index contributed by atoms with van der Waals surface area (Å²) in [6, 6.07) is 12.2. The lowest BCUT2D eigenvalue weighted by Gasteiger charge is -2.35. The molecule has 1 fully saturated rings. The van der Waals surface area contributed by atoms with E-state index in [0.717, 1.165) is 24.9 Å². The Labute approximate surface area is 233 Å². The number of hydrogen-bond acceptors (Lipinski definition) is 6. The largest absolute Gasteiger partial charge is 0.483 e. The molecule has 1 amide bonds. The molecule has 0 radical (unpaired) electrons. The number of amides is 1. The highest BCUT2D eigenvalue weighted by Gasteiger charge is 2.50. The predicted molar refractivity (Wildman–Crippen MR) is 144 cm³/mol. The number of rotatable bonds is 4. The number of nitrogens with zero attached hydrogens (tertiary/aromatic N) is 2. The molecule has 4 aromatic rings. The maximum absolute atomic E-state index is 16.5. The first-order valence-corrected chi connectivity index (χ1v) is 13.4. The fraction of sp³-hybridized carbons (Fsp3) is 0.233. The maximum atomic E-state index is 16.5. The molecule has 3 aromatic carbocycles. The highest BCUT2D eigenvalue weighted by Crippen LogP contribution is 2.53. The van der Waals surface area contributed by atoms with Crippen LogP contribution in [0.2, 0.25) is 5.02 Å². The highest BCUT2D eigenvalue weighted by atomic mass is 35.5. The third-order valence-electron chi connectivity index (χ3n) is 8.02. The van der Waals surface area contributed by atoms with Crippen LogP contribution in [0, 0.1) is 11.6 Å². The first-order chi connectivity index (χ1) is 19.4. The molecule has 40 heavy (non-hydrogen) atoms. The number of hydrogen-bond donors (Lipinski definition) is 2. The van der Waals surface area contributed by atoms with E-state index in [2.05, 4.69) is 15.3 Å². The Bertz CT molecular complexity index is 1690. The summed E-state index contributed by atoms with van der Waals surface area (Å²) in [6.45, 7) is 0.791. The van der Waals surface area contributed by atoms with Crippen LogP contribution in [0.5, 0.6) is 11.5 Å². The Kier molecular flexibility index (Phi) is 5.76. The third kappa shape index (κ3) is 3.61. The molecular formula is C30H23ClF2N4O3. The average molecular weight is 561 g/mol. The molecule has 2 atom stereocenters. The molecule has 0 unspecified atom stereocenters. The van der Waals surface area contributed by atoms with Crippen LogP contribution in [0.3, 0.4) is 0 Å². The van der Waals surface area contributed by atoms with E-state index in [1.54, 1.807) is 0 Å². The molecular weight excluding hydrogens is 538 g/mol. The van der Waals surface area contributed by atoms with Gasteiger partial charge < -0.3 is 20.5 Å². The molecule has 7 nitrogen and oxygen atoms in total. The summed E-state index contributed by atoms with van der Waals surface area (Å²) in [7, 11) is 0. The van der Waals surface area contributed by atoms with Crippen LogP contribution in [0.15, 0.2) is 54.9 Å². The van der Waals surface area contributed by atoms with Crippen LogP contribution < -0.4 is 20.5 Å². The van der Waals surface area contributed by atoms with Gasteiger partial charge in [-0.15, -0.1) is 0 Å². The summed E-state index contributed by atoms with van der Waals surface area (Å²) in [5, 5.41) is 3.19. The van der Waals surface area contributed by atoms with Gasteiger partial charge in [-0.05, 0) is 31.0 Å². The van der Waals surface area contributed by atoms with Crippen molar-refractivity contribution in [2.75, 3.05) is 6.54 Å². The van der Waals surface area contributed by atoms with Gasteiger partial charge in [-0.25, -0.2) is 8.78 Å². The SMILES string of the molecule is NC(=O)c1cc2c(c(F)c1-c1c(Cl)c(F)cc3c1C[C@](c1ccccc1)([C@@H]1CCCN1)O3)OCc1nccnc1-2. The highest BCUT2D eigenvalue weighted by molar-refractivity contribution is 6.34. The topological polar surface area (TPSA) is 99.4 Å². The molecule has 0 bridgehead atoms. The molecule has 0 spiro atoms. The number of nitrogens with two attached hydrogens (primary N) is 1. The Morgan fingerprint density at radius 3 is 2.67 bits per heavy atom. The predicted octanol–water partition coefficient (Wildman–Crippen LogP) is 5.32. The van der Waals surface area contributed by atoms with Crippen molar-refractivity contribution in [3.8, 4) is 33.9 Å². The van der Waals surface area contributed by atoms with Gasteiger partial charge in [-0.3, -0.25) is 14.8 Å². The van der Waals surface area contributed by atoms with E-state index in [-0.39, 0.29) is 57.8 Å². The summed E-state index contributed by atoms with van der Waals surface area (Å²) in [6.07, 6.45) is 5.03. The molecule has 202 valence electrons. The number of nitrogens with one attached hydrogen (secondary N) is 1. The average Bonchev–Trinajstić information content (AvgIpc) is 3.64. The van der Waals surface area contributed by atoms with E-state index >= 15 is 8.78 Å². The van der Waals surface area contributed by atoms with Crippen LogP contribution in [0.4, 0.5) is 8.78 Å². The number of aromatic nitrogens is 2. The van der Waals surface area contributed by atoms with Gasteiger partial charge in [0, 0.05) is 47.1 Å². The summed E-state index contributed by atoms with van der Waals surface area (Å²) in [5.41, 5.74) is 7.00. The zero-order valence-corrected chi connectivity index (χ0v) is 21.9. The van der Waals surface area contributed by atoms with Gasteiger partial charge in [0.2, 0.25) is 5.91 Å². The van der Waals surface area contributed by atoms with E-state index in [4.69, 9.17) is 26.8 Å². The minimum Gasteiger partial charge on any atom is -0.483 e. The van der Waals surface area contributed by atoms with Crippen molar-refractivity contribution in [3.05, 3.63) is 93.9 Å². The zero-order valence-electron chi connectivity index (χ0n) is 21.1. The lowest BCUT2D eigenvalue weighted by Crippen LogP contribution is -2.48. The van der Waals surface area contributed by atoms with E-state index in [1.807, 2.05) is 30.3 Å². The number of benzene rings is 3. The van der Waals surface area contributed by atoms with Gasteiger partial charge in [0.15, 0.2) is 17.2 Å². The first-order valence-electron chi connectivity index (χ1n) is 13.0. The molecule has 0 aliphatic carbocycles. The summed E-state index contributed by atoms with van der Waals surface area (Å²) in [5.74, 6) is -2.49. The molecule has 3 N–H and O–H groups in total. The van der Waals surface area contributed by atoms with Crippen molar-refractivity contribution >= 4 is 17.5 Å². The van der Waals surface area contributed by atoms with Gasteiger partial charge in [0.25, 0.3) is 0 Å². The molecule has 3 aliphatic rings. The Morgan fingerprint density at radius 2 is 1.93 bits per heavy atom. The van der Waals surface area contributed by atoms with Gasteiger partial charge in [0.05, 0.1) is 22.3 Å². The lowest BCUT2D eigenvalue weighted by molar-refractivity contribution is 0.0539. The van der Waals surface area contributed by atoms with Crippen molar-refractivity contribution in [2.24, 2.45) is 5.73 Å². The molecule has 10 heteroatoms. The van der Waals surface area contributed by atoms with Gasteiger partial charge in [-0.2, -0.15) is 0 Å². The van der Waals surface area contributed by atoms with Crippen LogP contribution in [0.1, 0.15) is 40.0 Å². The van der Waals surface area contributed by atoms with Gasteiger partial charge in [-0.1, -0.05) is 41.9 Å². The molecule has 3 aliphatic heterocycles. The number of halogens is 3. The second-order valence-corrected chi connectivity index (χ2v) is 10.6. The van der Waals surface area contributed by atoms with E-state index in [9.17, 15) is 4.79 Å². The summed E-state index contributed by atoms with van der Waals surface area (Å²) < 4.78 is 44.3. The van der Waals surface area contributed by atoms with Crippen LogP contribution in [-0.4, -0.2) is 28.5 Å². The second kappa shape index (κ2) is 9.25. The first kappa shape index (κ1) is 24.9. The number of carbonyl (C=O) groups excluding carboxylic acids is 1. The minimum absolute atomic E-state index is 0.0228. The fourth-order valence-electron chi connectivity index (χ4n) is 6.25. The van der Waals surface area contributed by atoms with Crippen molar-refractivity contribution in [1.29, 1.82) is 0 Å². The van der Waals surface area contributed by atoms with Crippen molar-refractivity contribution in [2.45, 2.75) is 37.5 Å². The van der Waals surface area contributed by atoms with Crippen LogP contribution in [-0.2, 0) is 18.6 Å². The molecule has 0 saturated carbocycles. The quantitative estimate of drug-likeness (QED) is 0.351. The number of carbonyl (C=O) groups is 1. The van der Waals surface area contributed by atoms with Crippen LogP contribution in [0.25, 0.3) is 22.4 Å². The van der Waals surface area contributed by atoms with E-state index in [1.165, 1.54) is 24.5 Å². The lowest BCUT2D eigenvalue weighted by atomic mass is 9.80. The number of fused-ring (bicyclic) bond motifs is 4. The molecule has 1 aromatic heterocycles. The Hall–Kier alpha value is -4.08. The van der Waals surface area contributed by atoms with Crippen LogP contribution >= 0.6 is 11.6 Å². The fourth-order valence-corrected chi connectivity index (χ4v) is 6.51. The van der Waals surface area contributed by atoms with Gasteiger partial charge >= 0.3 is 0 Å². The number of primary amides is 1. The van der Waals surface area contributed by atoms with E-state index < -0.39 is 23.1 Å². The Morgan fingerprint density at radius 1 is 1.12 bits per heavy atom. The summed E-state index contributed by atoms with van der Waals surface area (Å²) >= 11 is 6.59. The van der Waals surface area contributed by atoms with E-state index in [0.29, 0.717) is 17.0 Å². The van der Waals surface area contributed by atoms with Crippen molar-refractivity contribution in [1.82, 2.24) is 15.3 Å². The van der Waals surface area contributed by atoms with Gasteiger partial charge in [0.1, 0.15) is 23.9 Å². The minimum atomic E-state index is -0.910. The summed E-state index contributed by atoms with van der Waals surface area (Å²) in [4.78, 5) is 21.4. The molecule has 1 saturated heterocycles. The Balaban J connectivity index is 1.48. The molecule has 4 heterocycles. The maximum Gasteiger partial charge on any atom is 0.249 e. The monoisotopic (exact) mass is 560 g/mol. The van der Waals surface area contributed by atoms with Crippen molar-refractivity contribution < 1.29 is 23.0 Å². The smallest absolute Gasteiger partial charge is 0.249 e.